The molecule has 0 aliphatic heterocycles. The monoisotopic (exact) mass is 400 g/mol. The molecule has 0 fully saturated rings. The summed E-state index contributed by atoms with van der Waals surface area (Å²) in [6.07, 6.45) is 4.94. The summed E-state index contributed by atoms with van der Waals surface area (Å²) in [5, 5.41) is 10.9. The molecule has 0 radical (unpaired) electrons. The maximum absolute atomic E-state index is 12.3. The zero-order valence-electron chi connectivity index (χ0n) is 13.9. The third kappa shape index (κ3) is 3.71. The third-order valence-electron chi connectivity index (χ3n) is 4.11. The summed E-state index contributed by atoms with van der Waals surface area (Å²) in [7, 11) is 0. The van der Waals surface area contributed by atoms with Gasteiger partial charge in [0, 0.05) is 18.9 Å². The van der Waals surface area contributed by atoms with Crippen LogP contribution in [0.1, 0.15) is 23.0 Å². The van der Waals surface area contributed by atoms with Crippen molar-refractivity contribution in [3.63, 3.8) is 0 Å². The van der Waals surface area contributed by atoms with Gasteiger partial charge in [0.25, 0.3) is 5.56 Å². The predicted octanol–water partition coefficient (Wildman–Crippen LogP) is 3.23. The zero-order chi connectivity index (χ0) is 18.8. The second kappa shape index (κ2) is 7.48. The fourth-order valence-corrected chi connectivity index (χ4v) is 3.11. The highest BCUT2D eigenvalue weighted by atomic mass is 35.5. The number of benzene rings is 1. The third-order valence-corrected chi connectivity index (χ3v) is 4.85. The molecule has 27 heavy (non-hydrogen) atoms. The molecule has 0 saturated carbocycles. The average molecular weight is 401 g/mol. The molecule has 3 heterocycles. The molecule has 3 N–H and O–H groups in total. The van der Waals surface area contributed by atoms with Crippen LogP contribution in [0.25, 0.3) is 11.0 Å². The second-order valence-electron chi connectivity index (χ2n) is 5.93. The minimum atomic E-state index is -0.375. The quantitative estimate of drug-likeness (QED) is 0.477. The first kappa shape index (κ1) is 17.7. The van der Waals surface area contributed by atoms with Crippen LogP contribution in [-0.2, 0) is 6.54 Å². The lowest BCUT2D eigenvalue weighted by Gasteiger charge is -2.18. The standard InChI is InChI=1S/C18H14Cl2N6O/c19-12-4-3-10(6-13(12)20)7-22-15(11-2-1-5-21-8-11)17-24-14-9-23-26-16(14)18(27)25-17/h1-6,8-9,15,22H,7H2,(H,23,26)(H,24,25,27). The maximum atomic E-state index is 12.3. The highest BCUT2D eigenvalue weighted by Gasteiger charge is 2.18. The van der Waals surface area contributed by atoms with Crippen LogP contribution in [0.2, 0.25) is 10.0 Å². The highest BCUT2D eigenvalue weighted by Crippen LogP contribution is 2.24. The Morgan fingerprint density at radius 2 is 2.04 bits per heavy atom. The molecule has 0 amide bonds. The summed E-state index contributed by atoms with van der Waals surface area (Å²) in [5.41, 5.74) is 2.37. The Kier molecular flexibility index (Phi) is 4.89. The molecule has 0 aliphatic carbocycles. The van der Waals surface area contributed by atoms with Crippen molar-refractivity contribution in [2.75, 3.05) is 0 Å². The van der Waals surface area contributed by atoms with Gasteiger partial charge in [-0.05, 0) is 29.3 Å². The SMILES string of the molecule is O=c1[nH]c(C(NCc2ccc(Cl)c(Cl)c2)c2cccnc2)nc2cn[nH]c12. The van der Waals surface area contributed by atoms with Crippen molar-refractivity contribution in [2.24, 2.45) is 0 Å². The van der Waals surface area contributed by atoms with Crippen molar-refractivity contribution in [1.29, 1.82) is 0 Å². The van der Waals surface area contributed by atoms with Crippen LogP contribution < -0.4 is 10.9 Å². The van der Waals surface area contributed by atoms with Crippen LogP contribution in [0.3, 0.4) is 0 Å². The Hall–Kier alpha value is -2.74. The number of hydrogen-bond acceptors (Lipinski definition) is 5. The fourth-order valence-electron chi connectivity index (χ4n) is 2.79. The van der Waals surface area contributed by atoms with Crippen LogP contribution in [-0.4, -0.2) is 25.1 Å². The van der Waals surface area contributed by atoms with Gasteiger partial charge in [-0.1, -0.05) is 35.3 Å². The van der Waals surface area contributed by atoms with E-state index in [1.54, 1.807) is 24.5 Å². The van der Waals surface area contributed by atoms with Crippen LogP contribution in [0.5, 0.6) is 0 Å². The second-order valence-corrected chi connectivity index (χ2v) is 6.74. The number of pyridine rings is 1. The van der Waals surface area contributed by atoms with Gasteiger partial charge in [0.1, 0.15) is 16.9 Å². The number of nitrogens with one attached hydrogen (secondary N) is 3. The number of aromatic nitrogens is 5. The molecule has 4 rings (SSSR count). The molecular weight excluding hydrogens is 387 g/mol. The molecule has 1 unspecified atom stereocenters. The summed E-state index contributed by atoms with van der Waals surface area (Å²) in [4.78, 5) is 23.8. The summed E-state index contributed by atoms with van der Waals surface area (Å²) >= 11 is 12.1. The number of H-pyrrole nitrogens is 2. The van der Waals surface area contributed by atoms with Gasteiger partial charge in [0.15, 0.2) is 0 Å². The van der Waals surface area contributed by atoms with E-state index < -0.39 is 0 Å². The first-order valence-corrected chi connectivity index (χ1v) is 8.88. The number of halogens is 2. The van der Waals surface area contributed by atoms with E-state index in [9.17, 15) is 4.79 Å². The number of rotatable bonds is 5. The van der Waals surface area contributed by atoms with E-state index in [-0.39, 0.29) is 11.6 Å². The van der Waals surface area contributed by atoms with Gasteiger partial charge in [0.2, 0.25) is 0 Å². The van der Waals surface area contributed by atoms with E-state index in [1.807, 2.05) is 18.2 Å². The van der Waals surface area contributed by atoms with Crippen molar-refractivity contribution in [3.05, 3.63) is 86.3 Å². The van der Waals surface area contributed by atoms with Gasteiger partial charge in [-0.2, -0.15) is 5.10 Å². The first-order valence-electron chi connectivity index (χ1n) is 8.12. The minimum absolute atomic E-state index is 0.280. The summed E-state index contributed by atoms with van der Waals surface area (Å²) in [5.74, 6) is 0.474. The highest BCUT2D eigenvalue weighted by molar-refractivity contribution is 6.42. The topological polar surface area (TPSA) is 99.3 Å². The molecule has 0 bridgehead atoms. The average Bonchev–Trinajstić information content (AvgIpc) is 3.15. The normalized spacial score (nSPS) is 12.4. The number of fused-ring (bicyclic) bond motifs is 1. The van der Waals surface area contributed by atoms with Gasteiger partial charge in [-0.3, -0.25) is 20.2 Å². The molecule has 9 heteroatoms. The Morgan fingerprint density at radius 1 is 1.15 bits per heavy atom. The van der Waals surface area contributed by atoms with Gasteiger partial charge >= 0.3 is 0 Å². The van der Waals surface area contributed by atoms with Crippen LogP contribution in [0.15, 0.2) is 53.7 Å². The lowest BCUT2D eigenvalue weighted by molar-refractivity contribution is 0.575. The minimum Gasteiger partial charge on any atom is -0.307 e. The number of nitrogens with zero attached hydrogens (tertiary/aromatic N) is 3. The molecule has 0 saturated heterocycles. The molecular formula is C18H14Cl2N6O. The van der Waals surface area contributed by atoms with E-state index in [4.69, 9.17) is 23.2 Å². The number of hydrogen-bond donors (Lipinski definition) is 3. The molecule has 3 aromatic heterocycles. The Labute approximate surface area is 163 Å². The molecule has 1 atom stereocenters. The zero-order valence-corrected chi connectivity index (χ0v) is 15.4. The van der Waals surface area contributed by atoms with Crippen molar-refractivity contribution in [1.82, 2.24) is 30.5 Å². The van der Waals surface area contributed by atoms with Gasteiger partial charge in [-0.25, -0.2) is 4.98 Å². The predicted molar refractivity (Wildman–Crippen MR) is 104 cm³/mol. The molecule has 136 valence electrons. The largest absolute Gasteiger partial charge is 0.307 e. The fraction of sp³-hybridized carbons (Fsp3) is 0.111. The Bertz CT molecular complexity index is 1140. The van der Waals surface area contributed by atoms with Gasteiger partial charge in [0.05, 0.1) is 22.3 Å². The molecule has 0 spiro atoms. The summed E-state index contributed by atoms with van der Waals surface area (Å²) in [6.45, 7) is 0.490. The molecule has 0 aliphatic rings. The van der Waals surface area contributed by atoms with Crippen molar-refractivity contribution in [2.45, 2.75) is 12.6 Å². The Morgan fingerprint density at radius 3 is 2.81 bits per heavy atom. The van der Waals surface area contributed by atoms with Crippen LogP contribution in [0, 0.1) is 0 Å². The van der Waals surface area contributed by atoms with Gasteiger partial charge in [-0.15, -0.1) is 0 Å². The van der Waals surface area contributed by atoms with Crippen LogP contribution >= 0.6 is 23.2 Å². The van der Waals surface area contributed by atoms with Crippen LogP contribution in [0.4, 0.5) is 0 Å². The molecule has 1 aromatic carbocycles. The van der Waals surface area contributed by atoms with E-state index in [0.29, 0.717) is 33.4 Å². The van der Waals surface area contributed by atoms with E-state index in [2.05, 4.69) is 30.5 Å². The Balaban J connectivity index is 1.70. The number of aromatic amines is 2. The van der Waals surface area contributed by atoms with Gasteiger partial charge < -0.3 is 4.98 Å². The van der Waals surface area contributed by atoms with E-state index >= 15 is 0 Å². The van der Waals surface area contributed by atoms with Crippen molar-refractivity contribution in [3.8, 4) is 0 Å². The van der Waals surface area contributed by atoms with Crippen molar-refractivity contribution < 1.29 is 0 Å². The van der Waals surface area contributed by atoms with Crippen molar-refractivity contribution >= 4 is 34.2 Å². The lowest BCUT2D eigenvalue weighted by Crippen LogP contribution is -2.26. The maximum Gasteiger partial charge on any atom is 0.276 e. The smallest absolute Gasteiger partial charge is 0.276 e. The summed E-state index contributed by atoms with van der Waals surface area (Å²) < 4.78 is 0. The first-order chi connectivity index (χ1) is 13.1. The summed E-state index contributed by atoms with van der Waals surface area (Å²) in [6, 6.07) is 8.80. The molecule has 7 nitrogen and oxygen atoms in total. The molecule has 4 aromatic rings. The van der Waals surface area contributed by atoms with E-state index in [1.165, 1.54) is 6.20 Å². The van der Waals surface area contributed by atoms with E-state index in [0.717, 1.165) is 11.1 Å². The lowest BCUT2D eigenvalue weighted by atomic mass is 10.1.